The molecule has 63 heavy (non-hydrogen) atoms. The van der Waals surface area contributed by atoms with Crippen molar-refractivity contribution in [2.45, 2.75) is 283 Å². The zero-order valence-electron chi connectivity index (χ0n) is 41.1. The fourth-order valence-electron chi connectivity index (χ4n) is 7.82. The molecule has 3 atom stereocenters. The highest BCUT2D eigenvalue weighted by Gasteiger charge is 2.27. The van der Waals surface area contributed by atoms with Gasteiger partial charge in [-0.3, -0.25) is 18.6 Å². The van der Waals surface area contributed by atoms with E-state index in [1.807, 2.05) is 0 Å². The molecule has 0 saturated carbocycles. The summed E-state index contributed by atoms with van der Waals surface area (Å²) in [6.07, 6.45) is 50.4. The highest BCUT2D eigenvalue weighted by molar-refractivity contribution is 7.47. The van der Waals surface area contributed by atoms with Gasteiger partial charge in [0, 0.05) is 12.8 Å². The molecule has 0 bridgehead atoms. The lowest BCUT2D eigenvalue weighted by atomic mass is 10.0. The molecule has 11 heteroatoms. The van der Waals surface area contributed by atoms with Gasteiger partial charge in [-0.15, -0.1) is 0 Å². The molecule has 0 aromatic heterocycles. The first-order valence-corrected chi connectivity index (χ1v) is 28.1. The number of esters is 2. The average molecular weight is 917 g/mol. The number of unbranched alkanes of at least 4 members (excludes halogenated alkanes) is 35. The number of allylic oxidation sites excluding steroid dienone is 2. The summed E-state index contributed by atoms with van der Waals surface area (Å²) < 4.78 is 32.9. The van der Waals surface area contributed by atoms with E-state index in [0.29, 0.717) is 12.8 Å². The molecule has 0 spiro atoms. The van der Waals surface area contributed by atoms with Gasteiger partial charge in [-0.1, -0.05) is 231 Å². The van der Waals surface area contributed by atoms with E-state index < -0.39 is 51.8 Å². The van der Waals surface area contributed by atoms with Crippen LogP contribution in [0.15, 0.2) is 12.2 Å². The first kappa shape index (κ1) is 61.7. The number of rotatable bonds is 51. The van der Waals surface area contributed by atoms with Crippen molar-refractivity contribution in [1.29, 1.82) is 0 Å². The van der Waals surface area contributed by atoms with Crippen LogP contribution in [0.5, 0.6) is 0 Å². The van der Waals surface area contributed by atoms with E-state index in [1.54, 1.807) is 0 Å². The Morgan fingerprint density at radius 1 is 0.460 bits per heavy atom. The van der Waals surface area contributed by atoms with Crippen molar-refractivity contribution >= 4 is 19.8 Å². The van der Waals surface area contributed by atoms with Gasteiger partial charge in [0.15, 0.2) is 6.10 Å². The van der Waals surface area contributed by atoms with Crippen LogP contribution in [-0.2, 0) is 32.7 Å². The maximum absolute atomic E-state index is 12.7. The second-order valence-corrected chi connectivity index (χ2v) is 19.7. The van der Waals surface area contributed by atoms with Crippen molar-refractivity contribution in [2.24, 2.45) is 0 Å². The normalized spacial score (nSPS) is 13.7. The standard InChI is InChI=1S/C52H101O10P/c1-3-5-7-9-11-13-15-17-19-21-22-23-24-25-26-28-29-31-33-35-37-39-41-43-51(55)59-47-50(48-61-63(57,58)60-46-49(54)45-53)62-52(56)44-42-40-38-36-34-32-30-27-20-18-16-14-12-10-8-6-4-2/h18,20,49-50,53-54H,3-17,19,21-48H2,1-2H3,(H,57,58)/b20-18+/t49-,50+/m1/s1. The van der Waals surface area contributed by atoms with Crippen LogP contribution in [0.2, 0.25) is 0 Å². The number of phosphoric acid groups is 1. The second kappa shape index (κ2) is 48.6. The van der Waals surface area contributed by atoms with Gasteiger partial charge >= 0.3 is 19.8 Å². The van der Waals surface area contributed by atoms with Crippen molar-refractivity contribution < 1.29 is 47.8 Å². The molecule has 0 aliphatic rings. The van der Waals surface area contributed by atoms with Crippen molar-refractivity contribution in [3.8, 4) is 0 Å². The summed E-state index contributed by atoms with van der Waals surface area (Å²) in [4.78, 5) is 35.2. The molecule has 1 unspecified atom stereocenters. The average Bonchev–Trinajstić information content (AvgIpc) is 3.27. The van der Waals surface area contributed by atoms with Crippen molar-refractivity contribution in [1.82, 2.24) is 0 Å². The van der Waals surface area contributed by atoms with Crippen LogP contribution >= 0.6 is 7.82 Å². The van der Waals surface area contributed by atoms with Crippen LogP contribution < -0.4 is 0 Å². The van der Waals surface area contributed by atoms with Crippen LogP contribution in [-0.4, -0.2) is 65.7 Å². The Labute approximate surface area is 387 Å². The van der Waals surface area contributed by atoms with E-state index in [9.17, 15) is 24.2 Å². The van der Waals surface area contributed by atoms with Crippen LogP contribution in [0, 0.1) is 0 Å². The van der Waals surface area contributed by atoms with Crippen molar-refractivity contribution in [2.75, 3.05) is 26.4 Å². The number of ether oxygens (including phenoxy) is 2. The number of aliphatic hydroxyl groups excluding tert-OH is 2. The minimum Gasteiger partial charge on any atom is -0.462 e. The van der Waals surface area contributed by atoms with E-state index in [2.05, 4.69) is 26.0 Å². The number of carbonyl (C=O) groups excluding carboxylic acids is 2. The zero-order valence-corrected chi connectivity index (χ0v) is 42.0. The summed E-state index contributed by atoms with van der Waals surface area (Å²) in [6, 6.07) is 0. The number of phosphoric ester groups is 1. The molecule has 0 aliphatic heterocycles. The summed E-state index contributed by atoms with van der Waals surface area (Å²) in [5.41, 5.74) is 0. The molecule has 10 nitrogen and oxygen atoms in total. The van der Waals surface area contributed by atoms with E-state index in [1.165, 1.54) is 193 Å². The Balaban J connectivity index is 4.09. The Bertz CT molecular complexity index is 1060. The molecule has 0 radical (unpaired) electrons. The first-order valence-electron chi connectivity index (χ1n) is 26.6. The van der Waals surface area contributed by atoms with Gasteiger partial charge in [0.2, 0.25) is 0 Å². The lowest BCUT2D eigenvalue weighted by molar-refractivity contribution is -0.161. The monoisotopic (exact) mass is 917 g/mol. The summed E-state index contributed by atoms with van der Waals surface area (Å²) in [6.45, 7) is 2.43. The molecule has 0 amide bonds. The Morgan fingerprint density at radius 3 is 1.14 bits per heavy atom. The number of hydrogen-bond donors (Lipinski definition) is 3. The fourth-order valence-corrected chi connectivity index (χ4v) is 8.60. The molecule has 0 saturated heterocycles. The second-order valence-electron chi connectivity index (χ2n) is 18.3. The van der Waals surface area contributed by atoms with E-state index in [4.69, 9.17) is 23.6 Å². The maximum atomic E-state index is 12.7. The number of hydrogen-bond acceptors (Lipinski definition) is 9. The fraction of sp³-hybridized carbons (Fsp3) is 0.923. The Morgan fingerprint density at radius 2 is 0.778 bits per heavy atom. The van der Waals surface area contributed by atoms with Crippen LogP contribution in [0.1, 0.15) is 271 Å². The molecular formula is C52H101O10P. The molecule has 3 N–H and O–H groups in total. The molecule has 0 fully saturated rings. The predicted molar refractivity (Wildman–Crippen MR) is 261 cm³/mol. The lowest BCUT2D eigenvalue weighted by Gasteiger charge is -2.20. The van der Waals surface area contributed by atoms with Gasteiger partial charge in [0.1, 0.15) is 12.7 Å². The van der Waals surface area contributed by atoms with Gasteiger partial charge in [0.25, 0.3) is 0 Å². The van der Waals surface area contributed by atoms with E-state index >= 15 is 0 Å². The zero-order chi connectivity index (χ0) is 46.2. The number of aliphatic hydroxyl groups is 2. The quantitative estimate of drug-likeness (QED) is 0.0233. The molecule has 374 valence electrons. The highest BCUT2D eigenvalue weighted by atomic mass is 31.2. The van der Waals surface area contributed by atoms with Crippen LogP contribution in [0.25, 0.3) is 0 Å². The molecule has 0 rings (SSSR count). The van der Waals surface area contributed by atoms with Gasteiger partial charge in [0.05, 0.1) is 19.8 Å². The van der Waals surface area contributed by atoms with Crippen LogP contribution in [0.4, 0.5) is 0 Å². The maximum Gasteiger partial charge on any atom is 0.472 e. The van der Waals surface area contributed by atoms with Gasteiger partial charge in [-0.2, -0.15) is 0 Å². The first-order chi connectivity index (χ1) is 30.7. The molecule has 0 aromatic carbocycles. The van der Waals surface area contributed by atoms with E-state index in [-0.39, 0.29) is 19.4 Å². The van der Waals surface area contributed by atoms with Gasteiger partial charge < -0.3 is 24.6 Å². The minimum atomic E-state index is -4.62. The summed E-state index contributed by atoms with van der Waals surface area (Å²) in [5, 5.41) is 18.4. The highest BCUT2D eigenvalue weighted by Crippen LogP contribution is 2.43. The van der Waals surface area contributed by atoms with Crippen molar-refractivity contribution in [3.05, 3.63) is 12.2 Å². The SMILES string of the molecule is CCCCCCCC/C=C/CCCCCCCCCC(=O)O[C@@H](COC(=O)CCCCCCCCCCCCCCCCCCCCCCCCC)COP(=O)(O)OC[C@H](O)CO. The Kier molecular flexibility index (Phi) is 47.6. The molecule has 0 heterocycles. The van der Waals surface area contributed by atoms with Gasteiger partial charge in [-0.05, 0) is 38.5 Å². The lowest BCUT2D eigenvalue weighted by Crippen LogP contribution is -2.29. The third kappa shape index (κ3) is 48.5. The summed E-state index contributed by atoms with van der Waals surface area (Å²) >= 11 is 0. The predicted octanol–water partition coefficient (Wildman–Crippen LogP) is 15.1. The number of carbonyl (C=O) groups is 2. The smallest absolute Gasteiger partial charge is 0.462 e. The largest absolute Gasteiger partial charge is 0.472 e. The molecule has 0 aliphatic carbocycles. The third-order valence-electron chi connectivity index (χ3n) is 11.9. The van der Waals surface area contributed by atoms with E-state index in [0.717, 1.165) is 38.5 Å². The summed E-state index contributed by atoms with van der Waals surface area (Å²) in [7, 11) is -4.62. The Hall–Kier alpha value is -1.29. The van der Waals surface area contributed by atoms with Crippen molar-refractivity contribution in [3.63, 3.8) is 0 Å². The van der Waals surface area contributed by atoms with Gasteiger partial charge in [-0.25, -0.2) is 4.57 Å². The van der Waals surface area contributed by atoms with Crippen LogP contribution in [0.3, 0.4) is 0 Å². The molecular weight excluding hydrogens is 816 g/mol. The third-order valence-corrected chi connectivity index (χ3v) is 12.9. The minimum absolute atomic E-state index is 0.184. The summed E-state index contributed by atoms with van der Waals surface area (Å²) in [5.74, 6) is -0.912. The topological polar surface area (TPSA) is 149 Å². The molecule has 0 aromatic rings.